The standard InChI is InChI=1S/C15H17N3O/c1-2-3-4-13-14(9-10-18-15(13)17)19-12-7-5-11(16)6-8-12/h3-10H,2,16H2,1H3,(H2,17,18)/b4-3+. The molecule has 2 aromatic rings. The molecular formula is C15H17N3O. The molecule has 4 N–H and O–H groups in total. The lowest BCUT2D eigenvalue weighted by Gasteiger charge is -2.10. The molecule has 0 saturated carbocycles. The van der Waals surface area contributed by atoms with Crippen molar-refractivity contribution < 1.29 is 4.74 Å². The molecule has 1 heterocycles. The summed E-state index contributed by atoms with van der Waals surface area (Å²) in [7, 11) is 0. The molecule has 0 radical (unpaired) electrons. The quantitative estimate of drug-likeness (QED) is 0.820. The summed E-state index contributed by atoms with van der Waals surface area (Å²) in [6, 6.07) is 9.02. The van der Waals surface area contributed by atoms with Gasteiger partial charge in [-0.05, 0) is 36.8 Å². The van der Waals surface area contributed by atoms with Crippen LogP contribution in [0.3, 0.4) is 0 Å². The number of hydrogen-bond acceptors (Lipinski definition) is 4. The number of hydrogen-bond donors (Lipinski definition) is 2. The first-order chi connectivity index (χ1) is 9.20. The highest BCUT2D eigenvalue weighted by atomic mass is 16.5. The maximum Gasteiger partial charge on any atom is 0.139 e. The summed E-state index contributed by atoms with van der Waals surface area (Å²) in [5.41, 5.74) is 13.0. The lowest BCUT2D eigenvalue weighted by atomic mass is 10.2. The van der Waals surface area contributed by atoms with Crippen molar-refractivity contribution in [3.8, 4) is 11.5 Å². The van der Waals surface area contributed by atoms with Crippen LogP contribution in [0, 0.1) is 0 Å². The van der Waals surface area contributed by atoms with E-state index in [4.69, 9.17) is 16.2 Å². The number of nitrogens with two attached hydrogens (primary N) is 2. The number of aromatic nitrogens is 1. The number of benzene rings is 1. The van der Waals surface area contributed by atoms with E-state index in [1.165, 1.54) is 0 Å². The van der Waals surface area contributed by atoms with Crippen molar-refractivity contribution in [1.82, 2.24) is 4.98 Å². The Labute approximate surface area is 112 Å². The van der Waals surface area contributed by atoms with Crippen molar-refractivity contribution in [3.63, 3.8) is 0 Å². The van der Waals surface area contributed by atoms with Crippen LogP contribution in [-0.2, 0) is 0 Å². The molecule has 0 bridgehead atoms. The fourth-order valence-corrected chi connectivity index (χ4v) is 1.63. The van der Waals surface area contributed by atoms with Crippen molar-refractivity contribution >= 4 is 17.6 Å². The maximum absolute atomic E-state index is 5.88. The lowest BCUT2D eigenvalue weighted by molar-refractivity contribution is 0.481. The van der Waals surface area contributed by atoms with E-state index < -0.39 is 0 Å². The van der Waals surface area contributed by atoms with E-state index in [2.05, 4.69) is 11.9 Å². The van der Waals surface area contributed by atoms with E-state index >= 15 is 0 Å². The zero-order valence-electron chi connectivity index (χ0n) is 10.8. The van der Waals surface area contributed by atoms with Crippen molar-refractivity contribution in [2.75, 3.05) is 11.5 Å². The fraction of sp³-hybridized carbons (Fsp3) is 0.133. The molecule has 2 rings (SSSR count). The van der Waals surface area contributed by atoms with Gasteiger partial charge in [0.05, 0.1) is 5.56 Å². The molecule has 0 saturated heterocycles. The number of allylic oxidation sites excluding steroid dienone is 1. The van der Waals surface area contributed by atoms with Gasteiger partial charge in [0.2, 0.25) is 0 Å². The molecule has 98 valence electrons. The Morgan fingerprint density at radius 3 is 2.58 bits per heavy atom. The van der Waals surface area contributed by atoms with E-state index in [1.54, 1.807) is 24.4 Å². The van der Waals surface area contributed by atoms with E-state index in [-0.39, 0.29) is 0 Å². The molecule has 0 fully saturated rings. The Bertz CT molecular complexity index is 576. The zero-order chi connectivity index (χ0) is 13.7. The minimum atomic E-state index is 0.456. The van der Waals surface area contributed by atoms with Crippen molar-refractivity contribution in [1.29, 1.82) is 0 Å². The summed E-state index contributed by atoms with van der Waals surface area (Å²) in [4.78, 5) is 4.07. The van der Waals surface area contributed by atoms with Crippen LogP contribution in [0.1, 0.15) is 18.9 Å². The average molecular weight is 255 g/mol. The van der Waals surface area contributed by atoms with Gasteiger partial charge >= 0.3 is 0 Å². The molecule has 0 aliphatic heterocycles. The van der Waals surface area contributed by atoms with Crippen LogP contribution in [0.4, 0.5) is 11.5 Å². The van der Waals surface area contributed by atoms with E-state index in [0.29, 0.717) is 23.0 Å². The third-order valence-corrected chi connectivity index (χ3v) is 2.61. The minimum Gasteiger partial charge on any atom is -0.457 e. The highest BCUT2D eigenvalue weighted by molar-refractivity contribution is 5.67. The summed E-state index contributed by atoms with van der Waals surface area (Å²) in [6.45, 7) is 2.06. The molecule has 4 nitrogen and oxygen atoms in total. The first-order valence-corrected chi connectivity index (χ1v) is 6.15. The highest BCUT2D eigenvalue weighted by Crippen LogP contribution is 2.29. The summed E-state index contributed by atoms with van der Waals surface area (Å²) in [5.74, 6) is 1.85. The van der Waals surface area contributed by atoms with Gasteiger partial charge in [0.15, 0.2) is 0 Å². The molecule has 0 unspecified atom stereocenters. The van der Waals surface area contributed by atoms with Crippen LogP contribution >= 0.6 is 0 Å². The van der Waals surface area contributed by atoms with Crippen LogP contribution in [0.15, 0.2) is 42.6 Å². The van der Waals surface area contributed by atoms with Crippen LogP contribution in [0.2, 0.25) is 0 Å². The summed E-state index contributed by atoms with van der Waals surface area (Å²) >= 11 is 0. The van der Waals surface area contributed by atoms with Crippen molar-refractivity contribution in [2.24, 2.45) is 0 Å². The van der Waals surface area contributed by atoms with Crippen LogP contribution < -0.4 is 16.2 Å². The third kappa shape index (κ3) is 3.25. The van der Waals surface area contributed by atoms with Crippen LogP contribution in [-0.4, -0.2) is 4.98 Å². The van der Waals surface area contributed by atoms with Gasteiger partial charge in [-0.15, -0.1) is 0 Å². The molecule has 0 amide bonds. The number of pyridine rings is 1. The number of nitrogen functional groups attached to an aromatic ring is 2. The second-order valence-corrected chi connectivity index (χ2v) is 4.09. The molecule has 1 aromatic heterocycles. The van der Waals surface area contributed by atoms with E-state index in [1.807, 2.05) is 24.3 Å². The predicted octanol–water partition coefficient (Wildman–Crippen LogP) is 3.46. The summed E-state index contributed by atoms with van der Waals surface area (Å²) in [6.07, 6.45) is 6.50. The zero-order valence-corrected chi connectivity index (χ0v) is 10.8. The first-order valence-electron chi connectivity index (χ1n) is 6.15. The minimum absolute atomic E-state index is 0.456. The van der Waals surface area contributed by atoms with Gasteiger partial charge < -0.3 is 16.2 Å². The van der Waals surface area contributed by atoms with Gasteiger partial charge in [0, 0.05) is 11.9 Å². The van der Waals surface area contributed by atoms with Crippen LogP contribution in [0.5, 0.6) is 11.5 Å². The summed E-state index contributed by atoms with van der Waals surface area (Å²) in [5, 5.41) is 0. The maximum atomic E-state index is 5.88. The van der Waals surface area contributed by atoms with Gasteiger partial charge in [0.25, 0.3) is 0 Å². The second kappa shape index (κ2) is 5.91. The Balaban J connectivity index is 2.31. The molecule has 19 heavy (non-hydrogen) atoms. The molecule has 0 aliphatic rings. The number of nitrogens with zero attached hydrogens (tertiary/aromatic N) is 1. The van der Waals surface area contributed by atoms with Gasteiger partial charge in [-0.2, -0.15) is 0 Å². The highest BCUT2D eigenvalue weighted by Gasteiger charge is 2.06. The predicted molar refractivity (Wildman–Crippen MR) is 78.9 cm³/mol. The Morgan fingerprint density at radius 2 is 1.89 bits per heavy atom. The van der Waals surface area contributed by atoms with Crippen molar-refractivity contribution in [2.45, 2.75) is 13.3 Å². The van der Waals surface area contributed by atoms with Crippen LogP contribution in [0.25, 0.3) is 6.08 Å². The van der Waals surface area contributed by atoms with Gasteiger partial charge in [-0.1, -0.05) is 19.1 Å². The van der Waals surface area contributed by atoms with Gasteiger partial charge in [-0.3, -0.25) is 0 Å². The smallest absolute Gasteiger partial charge is 0.139 e. The van der Waals surface area contributed by atoms with E-state index in [0.717, 1.165) is 12.0 Å². The Kier molecular flexibility index (Phi) is 4.03. The SMILES string of the molecule is CC/C=C/c1c(Oc2ccc(N)cc2)ccnc1N. The first kappa shape index (κ1) is 13.0. The van der Waals surface area contributed by atoms with Gasteiger partial charge in [0.1, 0.15) is 17.3 Å². The Morgan fingerprint density at radius 1 is 1.16 bits per heavy atom. The third-order valence-electron chi connectivity index (χ3n) is 2.61. The summed E-state index contributed by atoms with van der Waals surface area (Å²) < 4.78 is 5.82. The number of anilines is 2. The normalized spacial score (nSPS) is 10.8. The van der Waals surface area contributed by atoms with Gasteiger partial charge in [-0.25, -0.2) is 4.98 Å². The molecule has 0 spiro atoms. The monoisotopic (exact) mass is 255 g/mol. The topological polar surface area (TPSA) is 74.2 Å². The molecule has 0 atom stereocenters. The largest absolute Gasteiger partial charge is 0.457 e. The van der Waals surface area contributed by atoms with Crippen molar-refractivity contribution in [3.05, 3.63) is 48.2 Å². The molecule has 0 aliphatic carbocycles. The lowest BCUT2D eigenvalue weighted by Crippen LogP contribution is -1.96. The molecular weight excluding hydrogens is 238 g/mol. The number of ether oxygens (including phenoxy) is 1. The second-order valence-electron chi connectivity index (χ2n) is 4.09. The molecule has 1 aromatic carbocycles. The molecule has 4 heteroatoms. The number of rotatable bonds is 4. The fourth-order valence-electron chi connectivity index (χ4n) is 1.63. The van der Waals surface area contributed by atoms with E-state index in [9.17, 15) is 0 Å². The average Bonchev–Trinajstić information content (AvgIpc) is 2.41. The Hall–Kier alpha value is -2.49.